The Morgan fingerprint density at radius 2 is 2.12 bits per heavy atom. The topological polar surface area (TPSA) is 64.6 Å². The molecule has 5 nitrogen and oxygen atoms in total. The second-order valence-corrected chi connectivity index (χ2v) is 6.87. The van der Waals surface area contributed by atoms with Gasteiger partial charge in [-0.1, -0.05) is 19.1 Å². The number of carbonyl (C=O) groups is 2. The molecule has 1 N–H and O–H groups in total. The van der Waals surface area contributed by atoms with E-state index in [0.717, 1.165) is 6.42 Å². The normalized spacial score (nSPS) is 16.5. The van der Waals surface area contributed by atoms with Gasteiger partial charge in [-0.05, 0) is 37.0 Å². The Morgan fingerprint density at radius 3 is 2.77 bits per heavy atom. The number of carbonyl (C=O) groups excluding carboxylic acids is 2. The third kappa shape index (κ3) is 4.11. The molecule has 1 atom stereocenters. The lowest BCUT2D eigenvalue weighted by molar-refractivity contribution is -0.124. The van der Waals surface area contributed by atoms with Gasteiger partial charge in [-0.2, -0.15) is 0 Å². The third-order valence-electron chi connectivity index (χ3n) is 4.05. The molecule has 1 aliphatic heterocycles. The van der Waals surface area contributed by atoms with E-state index in [4.69, 9.17) is 9.47 Å². The first-order valence-electron chi connectivity index (χ1n) is 8.57. The number of rotatable bonds is 6. The van der Waals surface area contributed by atoms with E-state index in [9.17, 15) is 14.0 Å². The van der Waals surface area contributed by atoms with Crippen LogP contribution in [0.4, 0.5) is 9.39 Å². The fourth-order valence-electron chi connectivity index (χ4n) is 2.74. The van der Waals surface area contributed by atoms with Crippen molar-refractivity contribution in [2.24, 2.45) is 0 Å². The van der Waals surface area contributed by atoms with Crippen LogP contribution < -0.4 is 5.32 Å². The van der Waals surface area contributed by atoms with Crippen molar-refractivity contribution in [2.75, 3.05) is 18.5 Å². The molecule has 1 aliphatic rings. The molecule has 0 saturated carbocycles. The zero-order valence-corrected chi connectivity index (χ0v) is 15.2. The van der Waals surface area contributed by atoms with E-state index in [1.165, 1.54) is 23.5 Å². The summed E-state index contributed by atoms with van der Waals surface area (Å²) in [6.07, 6.45) is 1.71. The minimum atomic E-state index is -0.505. The minimum absolute atomic E-state index is 0.264. The molecule has 3 rings (SSSR count). The van der Waals surface area contributed by atoms with Crippen LogP contribution in [0.3, 0.4) is 0 Å². The van der Waals surface area contributed by atoms with E-state index < -0.39 is 12.1 Å². The van der Waals surface area contributed by atoms with Crippen LogP contribution in [-0.4, -0.2) is 31.2 Å². The highest BCUT2D eigenvalue weighted by atomic mass is 32.1. The van der Waals surface area contributed by atoms with E-state index in [2.05, 4.69) is 5.32 Å². The molecule has 0 unspecified atom stereocenters. The monoisotopic (exact) mass is 377 g/mol. The molecule has 1 amide bonds. The SMILES string of the molecule is CCCOC(=O)c1c(-c2ccc(F)cc2)csc1NC(=O)[C@@H]1CCCO1. The molecule has 26 heavy (non-hydrogen) atoms. The first kappa shape index (κ1) is 18.5. The van der Waals surface area contributed by atoms with Crippen molar-refractivity contribution in [3.8, 4) is 11.1 Å². The minimum Gasteiger partial charge on any atom is -0.462 e. The maximum Gasteiger partial charge on any atom is 0.341 e. The predicted molar refractivity (Wildman–Crippen MR) is 97.9 cm³/mol. The summed E-state index contributed by atoms with van der Waals surface area (Å²) >= 11 is 1.24. The summed E-state index contributed by atoms with van der Waals surface area (Å²) in [6.45, 7) is 2.76. The van der Waals surface area contributed by atoms with E-state index in [1.807, 2.05) is 6.92 Å². The van der Waals surface area contributed by atoms with Crippen LogP contribution in [0.15, 0.2) is 29.6 Å². The van der Waals surface area contributed by atoms with Crippen LogP contribution >= 0.6 is 11.3 Å². The van der Waals surface area contributed by atoms with E-state index >= 15 is 0 Å². The van der Waals surface area contributed by atoms with Gasteiger partial charge in [0.25, 0.3) is 5.91 Å². The highest BCUT2D eigenvalue weighted by molar-refractivity contribution is 7.15. The van der Waals surface area contributed by atoms with Crippen LogP contribution in [-0.2, 0) is 14.3 Å². The second-order valence-electron chi connectivity index (χ2n) is 5.99. The summed E-state index contributed by atoms with van der Waals surface area (Å²) in [5.41, 5.74) is 1.59. The summed E-state index contributed by atoms with van der Waals surface area (Å²) in [5.74, 6) is -1.12. The van der Waals surface area contributed by atoms with E-state index in [1.54, 1.807) is 17.5 Å². The number of benzene rings is 1. The highest BCUT2D eigenvalue weighted by Crippen LogP contribution is 2.36. The number of thiophene rings is 1. The Balaban J connectivity index is 1.91. The van der Waals surface area contributed by atoms with Gasteiger partial charge >= 0.3 is 5.97 Å². The Labute approximate surface area is 155 Å². The molecule has 0 bridgehead atoms. The smallest absolute Gasteiger partial charge is 0.341 e. The molecular formula is C19H20FNO4S. The third-order valence-corrected chi connectivity index (χ3v) is 4.94. The van der Waals surface area contributed by atoms with Crippen LogP contribution in [0.2, 0.25) is 0 Å². The maximum absolute atomic E-state index is 13.2. The van der Waals surface area contributed by atoms with Crippen molar-refractivity contribution in [1.29, 1.82) is 0 Å². The summed E-state index contributed by atoms with van der Waals surface area (Å²) in [4.78, 5) is 24.9. The molecule has 138 valence electrons. The number of hydrogen-bond acceptors (Lipinski definition) is 5. The van der Waals surface area contributed by atoms with Crippen molar-refractivity contribution < 1.29 is 23.5 Å². The second kappa shape index (κ2) is 8.42. The molecule has 0 aliphatic carbocycles. The van der Waals surface area contributed by atoms with Crippen molar-refractivity contribution in [3.63, 3.8) is 0 Å². The zero-order chi connectivity index (χ0) is 18.5. The summed E-state index contributed by atoms with van der Waals surface area (Å²) in [7, 11) is 0. The number of anilines is 1. The molecule has 2 aromatic rings. The molecule has 1 saturated heterocycles. The average molecular weight is 377 g/mol. The summed E-state index contributed by atoms with van der Waals surface area (Å²) < 4.78 is 23.9. The van der Waals surface area contributed by atoms with Gasteiger partial charge in [-0.3, -0.25) is 4.79 Å². The lowest BCUT2D eigenvalue weighted by Gasteiger charge is -2.12. The Kier molecular flexibility index (Phi) is 6.00. The lowest BCUT2D eigenvalue weighted by atomic mass is 10.0. The number of ether oxygens (including phenoxy) is 2. The molecule has 7 heteroatoms. The van der Waals surface area contributed by atoms with Crippen molar-refractivity contribution in [2.45, 2.75) is 32.3 Å². The van der Waals surface area contributed by atoms with Crippen molar-refractivity contribution in [1.82, 2.24) is 0 Å². The standard InChI is InChI=1S/C19H20FNO4S/c1-2-9-25-19(23)16-14(12-5-7-13(20)8-6-12)11-26-18(16)21-17(22)15-4-3-10-24-15/h5-8,11,15H,2-4,9-10H2,1H3,(H,21,22)/t15-/m0/s1. The number of amides is 1. The fraction of sp³-hybridized carbons (Fsp3) is 0.368. The van der Waals surface area contributed by atoms with Crippen LogP contribution in [0.1, 0.15) is 36.5 Å². The van der Waals surface area contributed by atoms with Gasteiger partial charge in [0.2, 0.25) is 0 Å². The molecule has 1 fully saturated rings. The average Bonchev–Trinajstić information content (AvgIpc) is 3.30. The van der Waals surface area contributed by atoms with Crippen LogP contribution in [0, 0.1) is 5.82 Å². The first-order valence-corrected chi connectivity index (χ1v) is 9.45. The van der Waals surface area contributed by atoms with Crippen LogP contribution in [0.5, 0.6) is 0 Å². The summed E-state index contributed by atoms with van der Waals surface area (Å²) in [5, 5.41) is 4.98. The number of hydrogen-bond donors (Lipinski definition) is 1. The predicted octanol–water partition coefficient (Wildman–Crippen LogP) is 4.24. The Bertz CT molecular complexity index is 781. The number of nitrogens with one attached hydrogen (secondary N) is 1. The van der Waals surface area contributed by atoms with E-state index in [0.29, 0.717) is 41.1 Å². The fourth-order valence-corrected chi connectivity index (χ4v) is 3.70. The lowest BCUT2D eigenvalue weighted by Crippen LogP contribution is -2.27. The Morgan fingerprint density at radius 1 is 1.35 bits per heavy atom. The Hall–Kier alpha value is -2.25. The van der Waals surface area contributed by atoms with Gasteiger partial charge < -0.3 is 14.8 Å². The molecule has 2 heterocycles. The van der Waals surface area contributed by atoms with Gasteiger partial charge in [0.15, 0.2) is 0 Å². The molecule has 1 aromatic heterocycles. The van der Waals surface area contributed by atoms with Gasteiger partial charge in [-0.15, -0.1) is 11.3 Å². The van der Waals surface area contributed by atoms with Crippen molar-refractivity contribution >= 4 is 28.2 Å². The van der Waals surface area contributed by atoms with Gasteiger partial charge in [0.1, 0.15) is 22.5 Å². The first-order chi connectivity index (χ1) is 12.6. The molecule has 0 radical (unpaired) electrons. The quantitative estimate of drug-likeness (QED) is 0.765. The van der Waals surface area contributed by atoms with Crippen LogP contribution in [0.25, 0.3) is 11.1 Å². The van der Waals surface area contributed by atoms with E-state index in [-0.39, 0.29) is 18.3 Å². The van der Waals surface area contributed by atoms with Gasteiger partial charge in [0, 0.05) is 17.6 Å². The highest BCUT2D eigenvalue weighted by Gasteiger charge is 2.27. The molecular weight excluding hydrogens is 357 g/mol. The summed E-state index contributed by atoms with van der Waals surface area (Å²) in [6, 6.07) is 5.86. The number of esters is 1. The molecule has 0 spiro atoms. The number of halogens is 1. The zero-order valence-electron chi connectivity index (χ0n) is 14.4. The molecule has 1 aromatic carbocycles. The van der Waals surface area contributed by atoms with Crippen molar-refractivity contribution in [3.05, 3.63) is 41.0 Å². The van der Waals surface area contributed by atoms with Gasteiger partial charge in [0.05, 0.1) is 6.61 Å². The van der Waals surface area contributed by atoms with Gasteiger partial charge in [-0.25, -0.2) is 9.18 Å². The maximum atomic E-state index is 13.2. The largest absolute Gasteiger partial charge is 0.462 e.